The number of Topliss-reactive ketones (excluding diaryl/α,β-unsaturated/α-hetero) is 2. The average Bonchev–Trinajstić information content (AvgIpc) is 2.45. The predicted molar refractivity (Wildman–Crippen MR) is 86.4 cm³/mol. The molecule has 0 aromatic rings. The molecule has 22 heavy (non-hydrogen) atoms. The first-order valence-corrected chi connectivity index (χ1v) is 8.84. The van der Waals surface area contributed by atoms with Crippen LogP contribution in [0, 0.1) is 29.1 Å². The van der Waals surface area contributed by atoms with Gasteiger partial charge in [0, 0.05) is 25.7 Å². The number of rotatable bonds is 6. The molecule has 2 rings (SSSR count). The predicted octanol–water partition coefficient (Wildman–Crippen LogP) is 3.98. The number of carbonyl (C=O) groups excluding carboxylic acids is 3. The van der Waals surface area contributed by atoms with Crippen molar-refractivity contribution in [1.82, 2.24) is 0 Å². The van der Waals surface area contributed by atoms with Crippen molar-refractivity contribution in [3.05, 3.63) is 0 Å². The van der Waals surface area contributed by atoms with Crippen LogP contribution >= 0.6 is 0 Å². The van der Waals surface area contributed by atoms with Gasteiger partial charge in [0.25, 0.3) is 0 Å². The molecule has 124 valence electrons. The Morgan fingerprint density at radius 3 is 2.64 bits per heavy atom. The summed E-state index contributed by atoms with van der Waals surface area (Å²) in [6, 6.07) is 0. The highest BCUT2D eigenvalue weighted by Gasteiger charge is 2.53. The number of fused-ring (bicyclic) bond motifs is 1. The van der Waals surface area contributed by atoms with E-state index in [1.165, 1.54) is 0 Å². The maximum absolute atomic E-state index is 12.1. The summed E-state index contributed by atoms with van der Waals surface area (Å²) in [5, 5.41) is 0. The van der Waals surface area contributed by atoms with Crippen molar-refractivity contribution >= 4 is 17.9 Å². The molecule has 2 fully saturated rings. The van der Waals surface area contributed by atoms with Crippen molar-refractivity contribution < 1.29 is 14.4 Å². The number of aldehydes is 1. The Morgan fingerprint density at radius 1 is 1.27 bits per heavy atom. The SMILES string of the molecule is CC(=O)CC[C@@H]1[C@@H](C)CC[C@@H]2CC(=O)C[C@@H](CCC=O)[C@]21C. The fourth-order valence-corrected chi connectivity index (χ4v) is 5.34. The van der Waals surface area contributed by atoms with Crippen molar-refractivity contribution in [1.29, 1.82) is 0 Å². The Hall–Kier alpha value is -0.990. The molecular weight excluding hydrogens is 276 g/mol. The summed E-state index contributed by atoms with van der Waals surface area (Å²) in [6.07, 6.45) is 7.56. The molecule has 2 saturated carbocycles. The van der Waals surface area contributed by atoms with Gasteiger partial charge in [0.1, 0.15) is 17.9 Å². The van der Waals surface area contributed by atoms with Crippen LogP contribution < -0.4 is 0 Å². The van der Waals surface area contributed by atoms with Gasteiger partial charge in [0.2, 0.25) is 0 Å². The lowest BCUT2D eigenvalue weighted by molar-refractivity contribution is -0.140. The average molecular weight is 306 g/mol. The summed E-state index contributed by atoms with van der Waals surface area (Å²) in [4.78, 5) is 34.4. The fourth-order valence-electron chi connectivity index (χ4n) is 5.34. The smallest absolute Gasteiger partial charge is 0.133 e. The van der Waals surface area contributed by atoms with Crippen LogP contribution in [0.2, 0.25) is 0 Å². The fraction of sp³-hybridized carbons (Fsp3) is 0.842. The van der Waals surface area contributed by atoms with Crippen LogP contribution in [0.4, 0.5) is 0 Å². The van der Waals surface area contributed by atoms with E-state index >= 15 is 0 Å². The molecule has 0 aromatic carbocycles. The van der Waals surface area contributed by atoms with Crippen LogP contribution in [0.5, 0.6) is 0 Å². The van der Waals surface area contributed by atoms with Gasteiger partial charge in [-0.05, 0) is 55.3 Å². The second-order valence-corrected chi connectivity index (χ2v) is 7.85. The monoisotopic (exact) mass is 306 g/mol. The van der Waals surface area contributed by atoms with E-state index in [0.717, 1.165) is 32.0 Å². The number of ketones is 2. The zero-order valence-corrected chi connectivity index (χ0v) is 14.3. The minimum Gasteiger partial charge on any atom is -0.303 e. The Balaban J connectivity index is 2.27. The van der Waals surface area contributed by atoms with E-state index < -0.39 is 0 Å². The molecule has 2 aliphatic carbocycles. The van der Waals surface area contributed by atoms with Crippen LogP contribution in [0.3, 0.4) is 0 Å². The molecule has 0 bridgehead atoms. The molecule has 0 saturated heterocycles. The lowest BCUT2D eigenvalue weighted by Crippen LogP contribution is -2.52. The third-order valence-corrected chi connectivity index (χ3v) is 6.60. The molecule has 5 atom stereocenters. The maximum Gasteiger partial charge on any atom is 0.133 e. The van der Waals surface area contributed by atoms with E-state index in [1.54, 1.807) is 6.92 Å². The van der Waals surface area contributed by atoms with Gasteiger partial charge in [-0.2, -0.15) is 0 Å². The van der Waals surface area contributed by atoms with E-state index in [4.69, 9.17) is 0 Å². The molecular formula is C19H30O3. The van der Waals surface area contributed by atoms with Gasteiger partial charge in [-0.15, -0.1) is 0 Å². The first-order chi connectivity index (χ1) is 10.4. The number of hydrogen-bond donors (Lipinski definition) is 0. The summed E-state index contributed by atoms with van der Waals surface area (Å²) in [7, 11) is 0. The summed E-state index contributed by atoms with van der Waals surface area (Å²) in [6.45, 7) is 6.32. The molecule has 0 aromatic heterocycles. The third kappa shape index (κ3) is 3.33. The summed E-state index contributed by atoms with van der Waals surface area (Å²) < 4.78 is 0. The summed E-state index contributed by atoms with van der Waals surface area (Å²) in [5.41, 5.74) is 0.115. The first kappa shape index (κ1) is 17.4. The van der Waals surface area contributed by atoms with Crippen LogP contribution in [0.25, 0.3) is 0 Å². The zero-order chi connectivity index (χ0) is 16.3. The maximum atomic E-state index is 12.1. The Labute approximate surface area is 134 Å². The Morgan fingerprint density at radius 2 is 2.00 bits per heavy atom. The van der Waals surface area contributed by atoms with Gasteiger partial charge in [0.15, 0.2) is 0 Å². The summed E-state index contributed by atoms with van der Waals surface area (Å²) >= 11 is 0. The topological polar surface area (TPSA) is 51.2 Å². The van der Waals surface area contributed by atoms with Crippen LogP contribution in [-0.2, 0) is 14.4 Å². The minimum atomic E-state index is 0.115. The van der Waals surface area contributed by atoms with Gasteiger partial charge in [-0.1, -0.05) is 20.3 Å². The largest absolute Gasteiger partial charge is 0.303 e. The molecule has 2 aliphatic rings. The normalized spacial score (nSPS) is 38.4. The van der Waals surface area contributed by atoms with Gasteiger partial charge in [-0.3, -0.25) is 4.79 Å². The Kier molecular flexibility index (Phi) is 5.57. The summed E-state index contributed by atoms with van der Waals surface area (Å²) in [5.74, 6) is 2.49. The molecule has 0 unspecified atom stereocenters. The quantitative estimate of drug-likeness (QED) is 0.697. The van der Waals surface area contributed by atoms with E-state index in [1.807, 2.05) is 0 Å². The van der Waals surface area contributed by atoms with E-state index in [-0.39, 0.29) is 11.2 Å². The van der Waals surface area contributed by atoms with Gasteiger partial charge >= 0.3 is 0 Å². The number of hydrogen-bond acceptors (Lipinski definition) is 3. The molecule has 0 heterocycles. The molecule has 0 spiro atoms. The van der Waals surface area contributed by atoms with Crippen LogP contribution in [0.15, 0.2) is 0 Å². The van der Waals surface area contributed by atoms with E-state index in [2.05, 4.69) is 13.8 Å². The minimum absolute atomic E-state index is 0.115. The highest BCUT2D eigenvalue weighted by atomic mass is 16.1. The molecule has 3 heteroatoms. The van der Waals surface area contributed by atoms with Crippen LogP contribution in [0.1, 0.15) is 72.1 Å². The second-order valence-electron chi connectivity index (χ2n) is 7.85. The molecule has 0 radical (unpaired) electrons. The third-order valence-electron chi connectivity index (χ3n) is 6.60. The highest BCUT2D eigenvalue weighted by Crippen LogP contribution is 2.59. The van der Waals surface area contributed by atoms with Crippen molar-refractivity contribution in [3.8, 4) is 0 Å². The van der Waals surface area contributed by atoms with Gasteiger partial charge in [-0.25, -0.2) is 0 Å². The van der Waals surface area contributed by atoms with Crippen molar-refractivity contribution in [2.75, 3.05) is 0 Å². The molecule has 0 amide bonds. The van der Waals surface area contributed by atoms with Crippen molar-refractivity contribution in [2.24, 2.45) is 29.1 Å². The molecule has 0 aliphatic heterocycles. The lowest BCUT2D eigenvalue weighted by atomic mass is 9.47. The molecule has 3 nitrogen and oxygen atoms in total. The number of carbonyl (C=O) groups is 3. The highest BCUT2D eigenvalue weighted by molar-refractivity contribution is 5.80. The first-order valence-electron chi connectivity index (χ1n) is 8.84. The van der Waals surface area contributed by atoms with E-state index in [9.17, 15) is 14.4 Å². The van der Waals surface area contributed by atoms with E-state index in [0.29, 0.717) is 55.1 Å². The van der Waals surface area contributed by atoms with Gasteiger partial charge in [0.05, 0.1) is 0 Å². The van der Waals surface area contributed by atoms with Crippen LogP contribution in [-0.4, -0.2) is 17.9 Å². The van der Waals surface area contributed by atoms with Crippen molar-refractivity contribution in [2.45, 2.75) is 72.1 Å². The molecule has 0 N–H and O–H groups in total. The second kappa shape index (κ2) is 7.06. The van der Waals surface area contributed by atoms with Gasteiger partial charge < -0.3 is 9.59 Å². The van der Waals surface area contributed by atoms with Crippen molar-refractivity contribution in [3.63, 3.8) is 0 Å². The standard InChI is InChI=1S/C19H30O3/c1-13-6-8-16-12-17(22)11-15(5-4-10-20)19(16,3)18(13)9-7-14(2)21/h10,13,15-16,18H,4-9,11-12H2,1-3H3/t13-,15+,16+,18+,19+/m0/s1. The Bertz CT molecular complexity index is 442. The lowest BCUT2D eigenvalue weighted by Gasteiger charge is -2.57. The zero-order valence-electron chi connectivity index (χ0n) is 14.3.